The number of para-hydroxylation sites is 1. The maximum absolute atomic E-state index is 13.3. The summed E-state index contributed by atoms with van der Waals surface area (Å²) in [7, 11) is 0. The lowest BCUT2D eigenvalue weighted by Gasteiger charge is -2.26. The Balaban J connectivity index is 1.41. The van der Waals surface area contributed by atoms with Gasteiger partial charge in [-0.1, -0.05) is 70.5 Å². The van der Waals surface area contributed by atoms with Crippen LogP contribution in [0.25, 0.3) is 10.9 Å². The summed E-state index contributed by atoms with van der Waals surface area (Å²) in [6.07, 6.45) is 2.49. The first-order chi connectivity index (χ1) is 16.6. The van der Waals surface area contributed by atoms with Crippen molar-refractivity contribution in [2.45, 2.75) is 25.2 Å². The number of hydrogen-bond acceptors (Lipinski definition) is 4. The summed E-state index contributed by atoms with van der Waals surface area (Å²) < 4.78 is 6.37. The number of nitrogens with one attached hydrogen (secondary N) is 1. The molecule has 5 nitrogen and oxygen atoms in total. The van der Waals surface area contributed by atoms with Gasteiger partial charge in [0.1, 0.15) is 0 Å². The van der Waals surface area contributed by atoms with Crippen molar-refractivity contribution in [3.8, 4) is 0 Å². The Hall–Kier alpha value is -3.51. The fourth-order valence-corrected chi connectivity index (χ4v) is 5.00. The summed E-state index contributed by atoms with van der Waals surface area (Å²) in [6, 6.07) is 25.2. The van der Waals surface area contributed by atoms with Gasteiger partial charge in [-0.05, 0) is 60.6 Å². The lowest BCUT2D eigenvalue weighted by molar-refractivity contribution is -0.119. The van der Waals surface area contributed by atoms with Gasteiger partial charge in [-0.3, -0.25) is 9.78 Å². The number of ether oxygens (including phenoxy) is 1. The van der Waals surface area contributed by atoms with Crippen LogP contribution in [0.15, 0.2) is 83.3 Å². The van der Waals surface area contributed by atoms with Crippen molar-refractivity contribution in [3.63, 3.8) is 0 Å². The second-order valence-corrected chi connectivity index (χ2v) is 9.33. The highest BCUT2D eigenvalue weighted by molar-refractivity contribution is 9.10. The Morgan fingerprint density at radius 2 is 1.79 bits per heavy atom. The molecule has 0 radical (unpaired) electrons. The number of hydrogen-bond donors (Lipinski definition) is 1. The van der Waals surface area contributed by atoms with Gasteiger partial charge in [-0.2, -0.15) is 0 Å². The topological polar surface area (TPSA) is 68.3 Å². The minimum atomic E-state index is -0.493. The Kier molecular flexibility index (Phi) is 6.41. The van der Waals surface area contributed by atoms with Crippen molar-refractivity contribution in [3.05, 3.63) is 106 Å². The third kappa shape index (κ3) is 4.73. The third-order valence-corrected chi connectivity index (χ3v) is 6.67. The van der Waals surface area contributed by atoms with Crippen LogP contribution in [-0.2, 0) is 22.4 Å². The van der Waals surface area contributed by atoms with E-state index in [2.05, 4.69) is 33.4 Å². The van der Waals surface area contributed by atoms with Crippen molar-refractivity contribution in [1.29, 1.82) is 0 Å². The van der Waals surface area contributed by atoms with Crippen LogP contribution >= 0.6 is 15.9 Å². The van der Waals surface area contributed by atoms with E-state index in [9.17, 15) is 9.59 Å². The summed E-state index contributed by atoms with van der Waals surface area (Å²) in [5.74, 6) is -0.572. The Bertz CT molecular complexity index is 1370. The number of amides is 1. The molecule has 1 aromatic heterocycles. The van der Waals surface area contributed by atoms with Crippen molar-refractivity contribution in [1.82, 2.24) is 4.98 Å². The average molecular weight is 515 g/mol. The van der Waals surface area contributed by atoms with Crippen LogP contribution in [0.5, 0.6) is 0 Å². The van der Waals surface area contributed by atoms with Gasteiger partial charge in [-0.15, -0.1) is 0 Å². The molecule has 0 bridgehead atoms. The molecule has 1 atom stereocenters. The number of pyridine rings is 1. The van der Waals surface area contributed by atoms with Gasteiger partial charge in [0.15, 0.2) is 6.61 Å². The fraction of sp³-hybridized carbons (Fsp3) is 0.179. The number of aryl methyl sites for hydroxylation is 1. The second-order valence-electron chi connectivity index (χ2n) is 8.41. The quantitative estimate of drug-likeness (QED) is 0.328. The maximum atomic E-state index is 13.3. The van der Waals surface area contributed by atoms with E-state index in [4.69, 9.17) is 9.72 Å². The van der Waals surface area contributed by atoms with Crippen LogP contribution < -0.4 is 5.32 Å². The molecule has 170 valence electrons. The fourth-order valence-electron chi connectivity index (χ4n) is 4.60. The van der Waals surface area contributed by atoms with Gasteiger partial charge < -0.3 is 10.1 Å². The normalized spacial score (nSPS) is 14.9. The zero-order valence-corrected chi connectivity index (χ0v) is 20.0. The van der Waals surface area contributed by atoms with E-state index in [1.165, 1.54) is 5.56 Å². The average Bonchev–Trinajstić information content (AvgIpc) is 2.86. The van der Waals surface area contributed by atoms with E-state index in [0.717, 1.165) is 39.5 Å². The Labute approximate surface area is 206 Å². The molecular weight excluding hydrogens is 492 g/mol. The number of benzene rings is 3. The number of anilines is 1. The highest BCUT2D eigenvalue weighted by Crippen LogP contribution is 2.36. The first kappa shape index (κ1) is 22.3. The lowest BCUT2D eigenvalue weighted by Crippen LogP contribution is -2.23. The number of nitrogens with zero attached hydrogens (tertiary/aromatic N) is 1. The first-order valence-corrected chi connectivity index (χ1v) is 12.1. The predicted molar refractivity (Wildman–Crippen MR) is 136 cm³/mol. The Morgan fingerprint density at radius 1 is 1.00 bits per heavy atom. The smallest absolute Gasteiger partial charge is 0.339 e. The molecule has 5 rings (SSSR count). The molecule has 6 heteroatoms. The van der Waals surface area contributed by atoms with Gasteiger partial charge in [0, 0.05) is 21.2 Å². The monoisotopic (exact) mass is 514 g/mol. The third-order valence-electron chi connectivity index (χ3n) is 6.18. The number of halogens is 1. The number of carbonyl (C=O) groups is 2. The summed E-state index contributed by atoms with van der Waals surface area (Å²) in [5, 5.41) is 3.52. The molecule has 4 aromatic rings. The van der Waals surface area contributed by atoms with Crippen molar-refractivity contribution >= 4 is 44.4 Å². The van der Waals surface area contributed by atoms with Gasteiger partial charge in [0.2, 0.25) is 0 Å². The minimum Gasteiger partial charge on any atom is -0.452 e. The number of fused-ring (bicyclic) bond motifs is 2. The van der Waals surface area contributed by atoms with E-state index < -0.39 is 5.97 Å². The van der Waals surface area contributed by atoms with Gasteiger partial charge in [0.25, 0.3) is 5.91 Å². The van der Waals surface area contributed by atoms with Crippen molar-refractivity contribution < 1.29 is 14.3 Å². The highest BCUT2D eigenvalue weighted by Gasteiger charge is 2.28. The molecule has 1 heterocycles. The second kappa shape index (κ2) is 9.77. The van der Waals surface area contributed by atoms with E-state index in [1.807, 2.05) is 54.6 Å². The number of esters is 1. The first-order valence-electron chi connectivity index (χ1n) is 11.3. The molecule has 1 aliphatic rings. The molecule has 0 aliphatic heterocycles. The van der Waals surface area contributed by atoms with E-state index in [-0.39, 0.29) is 12.5 Å². The summed E-state index contributed by atoms with van der Waals surface area (Å²) in [4.78, 5) is 30.6. The van der Waals surface area contributed by atoms with Crippen molar-refractivity contribution in [2.75, 3.05) is 11.9 Å². The molecule has 0 saturated carbocycles. The molecular formula is C28H23BrN2O3. The van der Waals surface area contributed by atoms with Crippen LogP contribution in [0.2, 0.25) is 0 Å². The number of aromatic nitrogens is 1. The van der Waals surface area contributed by atoms with Crippen LogP contribution in [0.1, 0.15) is 39.5 Å². The molecule has 0 fully saturated rings. The van der Waals surface area contributed by atoms with E-state index >= 15 is 0 Å². The van der Waals surface area contributed by atoms with Crippen LogP contribution in [0, 0.1) is 0 Å². The lowest BCUT2D eigenvalue weighted by atomic mass is 9.80. The van der Waals surface area contributed by atoms with Gasteiger partial charge in [0.05, 0.1) is 11.1 Å². The Morgan fingerprint density at radius 3 is 2.62 bits per heavy atom. The number of carbonyl (C=O) groups excluding carboxylic acids is 2. The largest absolute Gasteiger partial charge is 0.452 e. The molecule has 34 heavy (non-hydrogen) atoms. The molecule has 0 spiro atoms. The van der Waals surface area contributed by atoms with Crippen LogP contribution in [0.4, 0.5) is 5.69 Å². The summed E-state index contributed by atoms with van der Waals surface area (Å²) in [5.41, 5.74) is 5.05. The standard InChI is InChI=1S/C28H23BrN2O3/c29-20-9-6-10-21(16-20)30-26(32)17-34-28(33)27-22-11-4-5-12-24(22)31-25-14-13-19(15-23(25)27)18-7-2-1-3-8-18/h1-12,16,19H,13-15,17H2,(H,30,32). The van der Waals surface area contributed by atoms with Gasteiger partial charge >= 0.3 is 5.97 Å². The molecule has 1 N–H and O–H groups in total. The number of rotatable bonds is 5. The van der Waals surface area contributed by atoms with Crippen LogP contribution in [0.3, 0.4) is 0 Å². The van der Waals surface area contributed by atoms with E-state index in [1.54, 1.807) is 12.1 Å². The molecule has 3 aromatic carbocycles. The van der Waals surface area contributed by atoms with E-state index in [0.29, 0.717) is 23.6 Å². The molecule has 0 saturated heterocycles. The molecule has 1 amide bonds. The maximum Gasteiger partial charge on any atom is 0.339 e. The van der Waals surface area contributed by atoms with Crippen LogP contribution in [-0.4, -0.2) is 23.5 Å². The molecule has 1 aliphatic carbocycles. The minimum absolute atomic E-state index is 0.308. The van der Waals surface area contributed by atoms with Crippen molar-refractivity contribution in [2.24, 2.45) is 0 Å². The highest BCUT2D eigenvalue weighted by atomic mass is 79.9. The van der Waals surface area contributed by atoms with Gasteiger partial charge in [-0.25, -0.2) is 4.79 Å². The predicted octanol–water partition coefficient (Wildman–Crippen LogP) is 6.07. The summed E-state index contributed by atoms with van der Waals surface area (Å²) >= 11 is 3.38. The zero-order chi connectivity index (χ0) is 23.5. The summed E-state index contributed by atoms with van der Waals surface area (Å²) in [6.45, 7) is -0.362. The SMILES string of the molecule is O=C(COC(=O)c1c2c(nc3ccccc13)CCC(c1ccccc1)C2)Nc1cccc(Br)c1. The zero-order valence-electron chi connectivity index (χ0n) is 18.5. The molecule has 1 unspecified atom stereocenters.